The number of nitrogens with one attached hydrogen (secondary N) is 1. The Bertz CT molecular complexity index is 453. The van der Waals surface area contributed by atoms with Crippen molar-refractivity contribution in [2.24, 2.45) is 0 Å². The molecule has 1 aliphatic heterocycles. The summed E-state index contributed by atoms with van der Waals surface area (Å²) in [5, 5.41) is 12.0. The topological polar surface area (TPSA) is 61.8 Å². The lowest BCUT2D eigenvalue weighted by atomic mass is 10.2. The standard InChI is InChI=1S/C12H15FN2O3/c1-15-4-5-18-11(7-15)12(17)14-9-6-8(13)2-3-10(9)16/h2-3,6,11,16H,4-5,7H2,1H3,(H,14,17). The van der Waals surface area contributed by atoms with Crippen molar-refractivity contribution in [3.05, 3.63) is 24.0 Å². The van der Waals surface area contributed by atoms with Crippen LogP contribution in [-0.4, -0.2) is 48.8 Å². The molecule has 18 heavy (non-hydrogen) atoms. The van der Waals surface area contributed by atoms with Gasteiger partial charge in [0.2, 0.25) is 0 Å². The molecule has 1 saturated heterocycles. The molecule has 98 valence electrons. The van der Waals surface area contributed by atoms with Gasteiger partial charge in [-0.2, -0.15) is 0 Å². The van der Waals surface area contributed by atoms with Gasteiger partial charge in [-0.3, -0.25) is 4.79 Å². The second-order valence-corrected chi connectivity index (χ2v) is 4.27. The van der Waals surface area contributed by atoms with E-state index < -0.39 is 11.9 Å². The van der Waals surface area contributed by atoms with Crippen LogP contribution in [0.4, 0.5) is 10.1 Å². The van der Waals surface area contributed by atoms with Gasteiger partial charge in [0.1, 0.15) is 17.7 Å². The summed E-state index contributed by atoms with van der Waals surface area (Å²) >= 11 is 0. The van der Waals surface area contributed by atoms with E-state index in [0.717, 1.165) is 18.7 Å². The predicted octanol–water partition coefficient (Wildman–Crippen LogP) is 0.800. The van der Waals surface area contributed by atoms with Gasteiger partial charge >= 0.3 is 0 Å². The summed E-state index contributed by atoms with van der Waals surface area (Å²) in [6.45, 7) is 1.72. The minimum atomic E-state index is -0.605. The average Bonchev–Trinajstić information content (AvgIpc) is 2.34. The largest absolute Gasteiger partial charge is 0.506 e. The minimum Gasteiger partial charge on any atom is -0.506 e. The number of halogens is 1. The molecule has 6 heteroatoms. The third kappa shape index (κ3) is 2.96. The molecule has 0 bridgehead atoms. The highest BCUT2D eigenvalue weighted by atomic mass is 19.1. The molecule has 5 nitrogen and oxygen atoms in total. The number of carbonyl (C=O) groups excluding carboxylic acids is 1. The Morgan fingerprint density at radius 2 is 2.39 bits per heavy atom. The van der Waals surface area contributed by atoms with E-state index in [-0.39, 0.29) is 17.3 Å². The van der Waals surface area contributed by atoms with Crippen molar-refractivity contribution in [1.82, 2.24) is 4.90 Å². The molecular formula is C12H15FN2O3. The number of hydrogen-bond acceptors (Lipinski definition) is 4. The smallest absolute Gasteiger partial charge is 0.254 e. The van der Waals surface area contributed by atoms with Gasteiger partial charge in [0.25, 0.3) is 5.91 Å². The van der Waals surface area contributed by atoms with E-state index in [2.05, 4.69) is 5.32 Å². The molecule has 0 aliphatic carbocycles. The molecule has 1 amide bonds. The number of phenolic OH excluding ortho intramolecular Hbond substituents is 1. The highest BCUT2D eigenvalue weighted by molar-refractivity contribution is 5.95. The van der Waals surface area contributed by atoms with Crippen LogP contribution >= 0.6 is 0 Å². The van der Waals surface area contributed by atoms with Gasteiger partial charge in [-0.05, 0) is 19.2 Å². The van der Waals surface area contributed by atoms with E-state index in [1.165, 1.54) is 6.07 Å². The van der Waals surface area contributed by atoms with Crippen LogP contribution in [0.1, 0.15) is 0 Å². The number of aromatic hydroxyl groups is 1. The van der Waals surface area contributed by atoms with Gasteiger partial charge in [-0.25, -0.2) is 4.39 Å². The molecule has 2 rings (SSSR count). The highest BCUT2D eigenvalue weighted by Gasteiger charge is 2.25. The maximum absolute atomic E-state index is 13.0. The third-order valence-electron chi connectivity index (χ3n) is 2.78. The lowest BCUT2D eigenvalue weighted by Gasteiger charge is -2.29. The number of ether oxygens (including phenoxy) is 1. The number of nitrogens with zero attached hydrogens (tertiary/aromatic N) is 1. The normalized spacial score (nSPS) is 20.7. The molecule has 1 unspecified atom stereocenters. The van der Waals surface area contributed by atoms with Crippen molar-refractivity contribution in [1.29, 1.82) is 0 Å². The molecule has 1 aliphatic rings. The van der Waals surface area contributed by atoms with Crippen LogP contribution in [0, 0.1) is 5.82 Å². The number of anilines is 1. The van der Waals surface area contributed by atoms with Gasteiger partial charge in [0.05, 0.1) is 12.3 Å². The Kier molecular flexibility index (Phi) is 3.78. The minimum absolute atomic E-state index is 0.0526. The first-order chi connectivity index (χ1) is 8.56. The van der Waals surface area contributed by atoms with Crippen LogP contribution < -0.4 is 5.32 Å². The van der Waals surface area contributed by atoms with Gasteiger partial charge in [0.15, 0.2) is 0 Å². The van der Waals surface area contributed by atoms with Crippen molar-refractivity contribution in [3.8, 4) is 5.75 Å². The summed E-state index contributed by atoms with van der Waals surface area (Å²) in [7, 11) is 1.89. The Morgan fingerprint density at radius 1 is 1.61 bits per heavy atom. The van der Waals surface area contributed by atoms with E-state index in [4.69, 9.17) is 4.74 Å². The fourth-order valence-corrected chi connectivity index (χ4v) is 1.76. The summed E-state index contributed by atoms with van der Waals surface area (Å²) < 4.78 is 18.3. The number of hydrogen-bond donors (Lipinski definition) is 2. The van der Waals surface area contributed by atoms with E-state index in [1.807, 2.05) is 11.9 Å². The monoisotopic (exact) mass is 254 g/mol. The number of benzene rings is 1. The van der Waals surface area contributed by atoms with E-state index in [0.29, 0.717) is 13.2 Å². The van der Waals surface area contributed by atoms with Gasteiger partial charge < -0.3 is 20.1 Å². The molecule has 1 aromatic carbocycles. The molecule has 2 N–H and O–H groups in total. The van der Waals surface area contributed by atoms with Crippen LogP contribution in [0.5, 0.6) is 5.75 Å². The Labute approximate surface area is 104 Å². The Balaban J connectivity index is 2.04. The van der Waals surface area contributed by atoms with E-state index >= 15 is 0 Å². The number of rotatable bonds is 2. The van der Waals surface area contributed by atoms with Crippen molar-refractivity contribution in [3.63, 3.8) is 0 Å². The summed E-state index contributed by atoms with van der Waals surface area (Å²) in [4.78, 5) is 13.9. The molecule has 1 fully saturated rings. The highest BCUT2D eigenvalue weighted by Crippen LogP contribution is 2.24. The van der Waals surface area contributed by atoms with Gasteiger partial charge in [0, 0.05) is 19.2 Å². The zero-order chi connectivity index (χ0) is 13.1. The predicted molar refractivity (Wildman–Crippen MR) is 63.9 cm³/mol. The molecule has 0 aromatic heterocycles. The van der Waals surface area contributed by atoms with Crippen molar-refractivity contribution in [2.75, 3.05) is 32.1 Å². The Hall–Kier alpha value is -1.66. The molecule has 1 aromatic rings. The quantitative estimate of drug-likeness (QED) is 0.766. The summed E-state index contributed by atoms with van der Waals surface area (Å²) in [5.41, 5.74) is 0.0526. The molecule has 0 radical (unpaired) electrons. The van der Waals surface area contributed by atoms with Crippen LogP contribution in [-0.2, 0) is 9.53 Å². The maximum atomic E-state index is 13.0. The fraction of sp³-hybridized carbons (Fsp3) is 0.417. The number of likely N-dealkylation sites (N-methyl/N-ethyl adjacent to an activating group) is 1. The van der Waals surface area contributed by atoms with Crippen molar-refractivity contribution < 1.29 is 19.0 Å². The first kappa shape index (κ1) is 12.8. The SMILES string of the molecule is CN1CCOC(C(=O)Nc2cc(F)ccc2O)C1. The number of morpholine rings is 1. The first-order valence-corrected chi connectivity index (χ1v) is 5.66. The van der Waals surface area contributed by atoms with Crippen LogP contribution in [0.25, 0.3) is 0 Å². The van der Waals surface area contributed by atoms with E-state index in [1.54, 1.807) is 0 Å². The fourth-order valence-electron chi connectivity index (χ4n) is 1.76. The molecule has 1 heterocycles. The van der Waals surface area contributed by atoms with Crippen molar-refractivity contribution >= 4 is 11.6 Å². The summed E-state index contributed by atoms with van der Waals surface area (Å²) in [6.07, 6.45) is -0.605. The van der Waals surface area contributed by atoms with Gasteiger partial charge in [-0.15, -0.1) is 0 Å². The molecule has 0 spiro atoms. The molecule has 1 atom stereocenters. The van der Waals surface area contributed by atoms with E-state index in [9.17, 15) is 14.3 Å². The zero-order valence-corrected chi connectivity index (χ0v) is 10.0. The second kappa shape index (κ2) is 5.32. The number of phenols is 1. The van der Waals surface area contributed by atoms with Crippen LogP contribution in [0.3, 0.4) is 0 Å². The second-order valence-electron chi connectivity index (χ2n) is 4.27. The number of amides is 1. The van der Waals surface area contributed by atoms with Crippen LogP contribution in [0.2, 0.25) is 0 Å². The summed E-state index contributed by atoms with van der Waals surface area (Å²) in [5.74, 6) is -1.08. The third-order valence-corrected chi connectivity index (χ3v) is 2.78. The van der Waals surface area contributed by atoms with Gasteiger partial charge in [-0.1, -0.05) is 0 Å². The molecular weight excluding hydrogens is 239 g/mol. The lowest BCUT2D eigenvalue weighted by Crippen LogP contribution is -2.46. The van der Waals surface area contributed by atoms with Crippen molar-refractivity contribution in [2.45, 2.75) is 6.10 Å². The maximum Gasteiger partial charge on any atom is 0.254 e. The molecule has 0 saturated carbocycles. The summed E-state index contributed by atoms with van der Waals surface area (Å²) in [6, 6.07) is 3.38. The average molecular weight is 254 g/mol. The van der Waals surface area contributed by atoms with Crippen LogP contribution in [0.15, 0.2) is 18.2 Å². The first-order valence-electron chi connectivity index (χ1n) is 5.66. The Morgan fingerprint density at radius 3 is 3.11 bits per heavy atom. The lowest BCUT2D eigenvalue weighted by molar-refractivity contribution is -0.132. The number of carbonyl (C=O) groups is 1. The zero-order valence-electron chi connectivity index (χ0n) is 10.0.